The smallest absolute Gasteiger partial charge is 0.337 e. The van der Waals surface area contributed by atoms with Crippen molar-refractivity contribution in [2.24, 2.45) is 11.8 Å². The molecular weight excluding hydrogens is 384 g/mol. The number of carboxylic acids is 3. The van der Waals surface area contributed by atoms with Crippen LogP contribution in [0.2, 0.25) is 0 Å². The van der Waals surface area contributed by atoms with Crippen LogP contribution >= 0.6 is 0 Å². The molecule has 0 aliphatic rings. The lowest BCUT2D eigenvalue weighted by molar-refractivity contribution is -0.180. The van der Waals surface area contributed by atoms with Crippen molar-refractivity contribution >= 4 is 17.9 Å². The maximum absolute atomic E-state index is 11.5. The molecule has 0 saturated carbocycles. The van der Waals surface area contributed by atoms with E-state index in [0.717, 1.165) is 0 Å². The summed E-state index contributed by atoms with van der Waals surface area (Å²) in [6, 6.07) is 0. The van der Waals surface area contributed by atoms with E-state index in [9.17, 15) is 29.7 Å². The van der Waals surface area contributed by atoms with Crippen LogP contribution < -0.4 is 0 Å². The van der Waals surface area contributed by atoms with E-state index in [0.29, 0.717) is 6.42 Å². The molecule has 0 aliphatic heterocycles. The average molecular weight is 416 g/mol. The Morgan fingerprint density at radius 3 is 1.62 bits per heavy atom. The molecular formula is C20H32O9. The van der Waals surface area contributed by atoms with Crippen LogP contribution in [-0.4, -0.2) is 66.9 Å². The van der Waals surface area contributed by atoms with Gasteiger partial charge >= 0.3 is 17.9 Å². The minimum Gasteiger partial charge on any atom is -0.481 e. The second-order valence-corrected chi connectivity index (χ2v) is 8.46. The summed E-state index contributed by atoms with van der Waals surface area (Å²) in [7, 11) is 0. The summed E-state index contributed by atoms with van der Waals surface area (Å²) < 4.78 is 5.25. The molecule has 0 spiro atoms. The lowest BCUT2D eigenvalue weighted by Crippen LogP contribution is -2.46. The first-order chi connectivity index (χ1) is 13.0. The normalized spacial score (nSPS) is 16.8. The number of aliphatic hydroxyl groups is 2. The Balaban J connectivity index is 5.21. The quantitative estimate of drug-likeness (QED) is 0.296. The van der Waals surface area contributed by atoms with E-state index >= 15 is 0 Å². The predicted octanol–water partition coefficient (Wildman–Crippen LogP) is 1.35. The SMILES string of the molecule is CC(C)CC(C)(O)C#CC(C)(O)CC(C)COC(CC(=O)O)(CC(=O)O)C(=O)O. The van der Waals surface area contributed by atoms with Crippen molar-refractivity contribution < 1.29 is 44.7 Å². The third kappa shape index (κ3) is 10.8. The first-order valence-electron chi connectivity index (χ1n) is 9.30. The lowest BCUT2D eigenvalue weighted by Gasteiger charge is -2.29. The van der Waals surface area contributed by atoms with E-state index in [1.165, 1.54) is 6.92 Å². The van der Waals surface area contributed by atoms with E-state index in [1.807, 2.05) is 13.8 Å². The largest absolute Gasteiger partial charge is 0.481 e. The molecule has 0 heterocycles. The van der Waals surface area contributed by atoms with Gasteiger partial charge in [0.25, 0.3) is 0 Å². The molecule has 0 aromatic rings. The van der Waals surface area contributed by atoms with Crippen molar-refractivity contribution in [3.63, 3.8) is 0 Å². The number of aliphatic carboxylic acids is 3. The molecule has 166 valence electrons. The summed E-state index contributed by atoms with van der Waals surface area (Å²) in [4.78, 5) is 33.6. The highest BCUT2D eigenvalue weighted by Crippen LogP contribution is 2.25. The van der Waals surface area contributed by atoms with Crippen LogP contribution in [0.1, 0.15) is 60.3 Å². The molecule has 29 heavy (non-hydrogen) atoms. The molecule has 0 amide bonds. The van der Waals surface area contributed by atoms with Crippen molar-refractivity contribution in [1.29, 1.82) is 0 Å². The average Bonchev–Trinajstić information content (AvgIpc) is 2.48. The summed E-state index contributed by atoms with van der Waals surface area (Å²) in [6.07, 6.45) is -1.58. The van der Waals surface area contributed by atoms with Crippen LogP contribution in [0.5, 0.6) is 0 Å². The van der Waals surface area contributed by atoms with E-state index in [1.54, 1.807) is 13.8 Å². The Morgan fingerprint density at radius 2 is 1.28 bits per heavy atom. The summed E-state index contributed by atoms with van der Waals surface area (Å²) in [5.41, 5.74) is -5.21. The summed E-state index contributed by atoms with van der Waals surface area (Å²) in [5, 5.41) is 48.0. The highest BCUT2D eigenvalue weighted by Gasteiger charge is 2.45. The monoisotopic (exact) mass is 416 g/mol. The number of rotatable bonds is 12. The fraction of sp³-hybridized carbons (Fsp3) is 0.750. The Kier molecular flexibility index (Phi) is 9.79. The number of ether oxygens (including phenoxy) is 1. The van der Waals surface area contributed by atoms with Crippen molar-refractivity contribution in [2.75, 3.05) is 6.61 Å². The second-order valence-electron chi connectivity index (χ2n) is 8.46. The van der Waals surface area contributed by atoms with Gasteiger partial charge in [-0.2, -0.15) is 0 Å². The molecule has 3 atom stereocenters. The third-order valence-corrected chi connectivity index (χ3v) is 4.06. The van der Waals surface area contributed by atoms with Gasteiger partial charge in [-0.3, -0.25) is 9.59 Å². The number of carboxylic acid groups (broad SMARTS) is 3. The molecule has 0 rings (SSSR count). The summed E-state index contributed by atoms with van der Waals surface area (Å²) >= 11 is 0. The fourth-order valence-electron chi connectivity index (χ4n) is 3.07. The van der Waals surface area contributed by atoms with Crippen LogP contribution in [-0.2, 0) is 19.1 Å². The fourth-order valence-corrected chi connectivity index (χ4v) is 3.07. The zero-order valence-electron chi connectivity index (χ0n) is 17.6. The van der Waals surface area contributed by atoms with E-state index in [-0.39, 0.29) is 18.9 Å². The van der Waals surface area contributed by atoms with Gasteiger partial charge in [-0.15, -0.1) is 0 Å². The molecule has 0 aromatic heterocycles. The molecule has 0 saturated heterocycles. The standard InChI is InChI=1S/C20H32O9/c1-13(2)8-18(4,27)6-7-19(5,28)9-14(3)12-29-20(17(25)26,10-15(21)22)11-16(23)24/h13-14,27-28H,8-12H2,1-5H3,(H,21,22)(H,23,24)(H,25,26). The Bertz CT molecular complexity index is 637. The van der Waals surface area contributed by atoms with Crippen LogP contribution in [0.3, 0.4) is 0 Å². The van der Waals surface area contributed by atoms with Gasteiger partial charge in [0.2, 0.25) is 0 Å². The van der Waals surface area contributed by atoms with E-state index in [2.05, 4.69) is 11.8 Å². The van der Waals surface area contributed by atoms with Crippen molar-refractivity contribution in [1.82, 2.24) is 0 Å². The van der Waals surface area contributed by atoms with Gasteiger partial charge in [0, 0.05) is 0 Å². The Hall–Kier alpha value is -2.15. The lowest BCUT2D eigenvalue weighted by atomic mass is 9.90. The van der Waals surface area contributed by atoms with Gasteiger partial charge in [-0.05, 0) is 38.5 Å². The first kappa shape index (κ1) is 26.9. The van der Waals surface area contributed by atoms with E-state index < -0.39 is 53.5 Å². The highest BCUT2D eigenvalue weighted by atomic mass is 16.5. The van der Waals surface area contributed by atoms with Gasteiger partial charge in [0.05, 0.1) is 19.4 Å². The van der Waals surface area contributed by atoms with Gasteiger partial charge in [0.15, 0.2) is 5.60 Å². The minimum atomic E-state index is -2.41. The zero-order valence-corrected chi connectivity index (χ0v) is 17.6. The molecule has 3 unspecified atom stereocenters. The molecule has 0 bridgehead atoms. The minimum absolute atomic E-state index is 0.0353. The zero-order chi connectivity index (χ0) is 23.0. The Morgan fingerprint density at radius 1 is 0.862 bits per heavy atom. The van der Waals surface area contributed by atoms with Gasteiger partial charge in [-0.25, -0.2) is 4.79 Å². The second kappa shape index (κ2) is 10.6. The number of carbonyl (C=O) groups is 3. The number of hydrogen-bond acceptors (Lipinski definition) is 6. The first-order valence-corrected chi connectivity index (χ1v) is 9.30. The number of hydrogen-bond donors (Lipinski definition) is 5. The molecule has 0 fully saturated rings. The molecule has 0 aliphatic carbocycles. The van der Waals surface area contributed by atoms with Crippen molar-refractivity contribution in [3.8, 4) is 11.8 Å². The maximum atomic E-state index is 11.5. The van der Waals surface area contributed by atoms with Crippen molar-refractivity contribution in [3.05, 3.63) is 0 Å². The maximum Gasteiger partial charge on any atom is 0.337 e. The Labute approximate surface area is 170 Å². The van der Waals surface area contributed by atoms with Gasteiger partial charge < -0.3 is 30.3 Å². The topological polar surface area (TPSA) is 162 Å². The van der Waals surface area contributed by atoms with Crippen LogP contribution in [0.4, 0.5) is 0 Å². The van der Waals surface area contributed by atoms with Crippen LogP contribution in [0.25, 0.3) is 0 Å². The van der Waals surface area contributed by atoms with Crippen molar-refractivity contribution in [2.45, 2.75) is 77.1 Å². The summed E-state index contributed by atoms with van der Waals surface area (Å²) in [5.74, 6) is 0.277. The van der Waals surface area contributed by atoms with Gasteiger partial charge in [0.1, 0.15) is 11.2 Å². The molecule has 5 N–H and O–H groups in total. The molecule has 9 heteroatoms. The predicted molar refractivity (Wildman–Crippen MR) is 103 cm³/mol. The summed E-state index contributed by atoms with van der Waals surface area (Å²) in [6.45, 7) is 8.15. The molecule has 0 radical (unpaired) electrons. The molecule has 0 aromatic carbocycles. The van der Waals surface area contributed by atoms with Crippen LogP contribution in [0.15, 0.2) is 0 Å². The van der Waals surface area contributed by atoms with Crippen LogP contribution in [0, 0.1) is 23.7 Å². The third-order valence-electron chi connectivity index (χ3n) is 4.06. The van der Waals surface area contributed by atoms with Gasteiger partial charge in [-0.1, -0.05) is 32.6 Å². The highest BCUT2D eigenvalue weighted by molar-refractivity contribution is 5.88. The van der Waals surface area contributed by atoms with E-state index in [4.69, 9.17) is 14.9 Å². The molecule has 9 nitrogen and oxygen atoms in total.